The molecule has 1 aromatic heterocycles. The van der Waals surface area contributed by atoms with Crippen LogP contribution in [-0.4, -0.2) is 5.91 Å². The minimum Gasteiger partial charge on any atom is -0.456 e. The summed E-state index contributed by atoms with van der Waals surface area (Å²) < 4.78 is 43.2. The Balaban J connectivity index is 2.10. The second-order valence-electron chi connectivity index (χ2n) is 4.03. The smallest absolute Gasteiger partial charge is 0.418 e. The van der Waals surface area contributed by atoms with Crippen LogP contribution in [0.5, 0.6) is 0 Å². The molecule has 106 valence electrons. The van der Waals surface area contributed by atoms with Gasteiger partial charge < -0.3 is 4.42 Å². The first-order valence-electron chi connectivity index (χ1n) is 5.67. The quantitative estimate of drug-likeness (QED) is 0.850. The van der Waals surface area contributed by atoms with Crippen LogP contribution in [0.1, 0.15) is 21.9 Å². The first-order chi connectivity index (χ1) is 9.38. The zero-order valence-electron chi connectivity index (χ0n) is 10.4. The highest BCUT2D eigenvalue weighted by atomic mass is 19.4. The lowest BCUT2D eigenvalue weighted by molar-refractivity contribution is -0.137. The van der Waals surface area contributed by atoms with Gasteiger partial charge in [-0.05, 0) is 31.2 Å². The number of hydrogen-bond donors (Lipinski definition) is 2. The van der Waals surface area contributed by atoms with E-state index in [1.165, 1.54) is 24.3 Å². The summed E-state index contributed by atoms with van der Waals surface area (Å²) >= 11 is 0. The fraction of sp³-hybridized carbons (Fsp3) is 0.154. The van der Waals surface area contributed by atoms with Gasteiger partial charge in [0.05, 0.1) is 11.3 Å². The van der Waals surface area contributed by atoms with E-state index in [-0.39, 0.29) is 11.4 Å². The number of carbonyl (C=O) groups excluding carboxylic acids is 1. The molecule has 0 aliphatic rings. The third-order valence-corrected chi connectivity index (χ3v) is 2.51. The summed E-state index contributed by atoms with van der Waals surface area (Å²) in [7, 11) is 0. The zero-order valence-corrected chi connectivity index (χ0v) is 10.4. The van der Waals surface area contributed by atoms with Gasteiger partial charge in [-0.15, -0.1) is 0 Å². The van der Waals surface area contributed by atoms with Crippen LogP contribution in [-0.2, 0) is 6.18 Å². The molecule has 2 aromatic rings. The maximum atomic E-state index is 12.7. The summed E-state index contributed by atoms with van der Waals surface area (Å²) in [5.41, 5.74) is 3.30. The van der Waals surface area contributed by atoms with Crippen LogP contribution >= 0.6 is 0 Å². The highest BCUT2D eigenvalue weighted by molar-refractivity contribution is 5.92. The van der Waals surface area contributed by atoms with E-state index in [0.29, 0.717) is 5.76 Å². The number of rotatable bonds is 3. The number of furan rings is 1. The number of halogens is 3. The Morgan fingerprint density at radius 2 is 1.85 bits per heavy atom. The Morgan fingerprint density at radius 3 is 2.45 bits per heavy atom. The topological polar surface area (TPSA) is 54.3 Å². The maximum absolute atomic E-state index is 12.7. The van der Waals surface area contributed by atoms with Crippen LogP contribution in [0.2, 0.25) is 0 Å². The Kier molecular flexibility index (Phi) is 3.69. The molecule has 1 amide bonds. The standard InChI is InChI=1S/C13H11F3N2O2/c1-8-6-7-11(20-8)12(19)18-17-10-5-3-2-4-9(10)13(14,15)16/h2-7,17H,1H3,(H,18,19). The number of hydrogen-bond acceptors (Lipinski definition) is 3. The van der Waals surface area contributed by atoms with E-state index in [4.69, 9.17) is 4.42 Å². The fourth-order valence-electron chi connectivity index (χ4n) is 1.58. The number of aryl methyl sites for hydroxylation is 1. The Morgan fingerprint density at radius 1 is 1.15 bits per heavy atom. The predicted molar refractivity (Wildman–Crippen MR) is 66.0 cm³/mol. The minimum atomic E-state index is -4.50. The molecule has 0 atom stereocenters. The van der Waals surface area contributed by atoms with E-state index in [1.807, 2.05) is 0 Å². The second-order valence-corrected chi connectivity index (χ2v) is 4.03. The average Bonchev–Trinajstić information content (AvgIpc) is 2.82. The molecule has 1 aromatic carbocycles. The third-order valence-electron chi connectivity index (χ3n) is 2.51. The lowest BCUT2D eigenvalue weighted by Crippen LogP contribution is -2.30. The SMILES string of the molecule is Cc1ccc(C(=O)NNc2ccccc2C(F)(F)F)o1. The van der Waals surface area contributed by atoms with Crippen molar-refractivity contribution >= 4 is 11.6 Å². The molecule has 0 saturated carbocycles. The number of hydrazine groups is 1. The zero-order chi connectivity index (χ0) is 14.8. The van der Waals surface area contributed by atoms with Crippen molar-refractivity contribution in [3.8, 4) is 0 Å². The molecule has 7 heteroatoms. The molecule has 1 heterocycles. The highest BCUT2D eigenvalue weighted by Gasteiger charge is 2.33. The number of amides is 1. The largest absolute Gasteiger partial charge is 0.456 e. The summed E-state index contributed by atoms with van der Waals surface area (Å²) in [6.45, 7) is 1.66. The van der Waals surface area contributed by atoms with Crippen LogP contribution < -0.4 is 10.9 Å². The number of anilines is 1. The second kappa shape index (κ2) is 5.28. The minimum absolute atomic E-state index is 0.0134. The van der Waals surface area contributed by atoms with Crippen LogP contribution in [0.4, 0.5) is 18.9 Å². The number of carbonyl (C=O) groups is 1. The summed E-state index contributed by atoms with van der Waals surface area (Å²) in [5, 5.41) is 0. The van der Waals surface area contributed by atoms with Crippen LogP contribution in [0.3, 0.4) is 0 Å². The Hall–Kier alpha value is -2.44. The number of benzene rings is 1. The molecule has 0 unspecified atom stereocenters. The van der Waals surface area contributed by atoms with Crippen molar-refractivity contribution in [2.24, 2.45) is 0 Å². The molecule has 0 fully saturated rings. The summed E-state index contributed by atoms with van der Waals surface area (Å²) in [6, 6.07) is 7.86. The Labute approximate surface area is 112 Å². The number of alkyl halides is 3. The van der Waals surface area contributed by atoms with Crippen LogP contribution in [0.15, 0.2) is 40.8 Å². The van der Waals surface area contributed by atoms with Crippen molar-refractivity contribution in [3.63, 3.8) is 0 Å². The molecule has 4 nitrogen and oxygen atoms in total. The molecule has 0 spiro atoms. The molecule has 0 bridgehead atoms. The molecule has 20 heavy (non-hydrogen) atoms. The van der Waals surface area contributed by atoms with Gasteiger partial charge in [0.15, 0.2) is 5.76 Å². The molecule has 2 rings (SSSR count). The van der Waals surface area contributed by atoms with Crippen molar-refractivity contribution in [1.82, 2.24) is 5.43 Å². The van der Waals surface area contributed by atoms with E-state index in [1.54, 1.807) is 13.0 Å². The molecular formula is C13H11F3N2O2. The van der Waals surface area contributed by atoms with Gasteiger partial charge in [-0.2, -0.15) is 13.2 Å². The van der Waals surface area contributed by atoms with Crippen molar-refractivity contribution in [3.05, 3.63) is 53.5 Å². The summed E-state index contributed by atoms with van der Waals surface area (Å²) in [6.07, 6.45) is -4.50. The first-order valence-corrected chi connectivity index (χ1v) is 5.67. The van der Waals surface area contributed by atoms with E-state index in [2.05, 4.69) is 10.9 Å². The normalized spacial score (nSPS) is 11.2. The third kappa shape index (κ3) is 3.11. The molecule has 0 saturated heterocycles. The van der Waals surface area contributed by atoms with Crippen LogP contribution in [0, 0.1) is 6.92 Å². The van der Waals surface area contributed by atoms with Gasteiger partial charge in [-0.3, -0.25) is 15.6 Å². The van der Waals surface area contributed by atoms with E-state index in [9.17, 15) is 18.0 Å². The number of para-hydroxylation sites is 1. The highest BCUT2D eigenvalue weighted by Crippen LogP contribution is 2.34. The number of nitrogens with one attached hydrogen (secondary N) is 2. The molecule has 0 radical (unpaired) electrons. The van der Waals surface area contributed by atoms with Gasteiger partial charge >= 0.3 is 12.1 Å². The molecule has 2 N–H and O–H groups in total. The lowest BCUT2D eigenvalue weighted by atomic mass is 10.2. The van der Waals surface area contributed by atoms with Gasteiger partial charge in [0.25, 0.3) is 0 Å². The molecule has 0 aliphatic carbocycles. The predicted octanol–water partition coefficient (Wildman–Crippen LogP) is 3.36. The van der Waals surface area contributed by atoms with Crippen LogP contribution in [0.25, 0.3) is 0 Å². The monoisotopic (exact) mass is 284 g/mol. The van der Waals surface area contributed by atoms with Crippen molar-refractivity contribution in [2.45, 2.75) is 13.1 Å². The van der Waals surface area contributed by atoms with Gasteiger partial charge in [0.2, 0.25) is 0 Å². The maximum Gasteiger partial charge on any atom is 0.418 e. The van der Waals surface area contributed by atoms with Gasteiger partial charge in [0, 0.05) is 0 Å². The van der Waals surface area contributed by atoms with Gasteiger partial charge in [-0.1, -0.05) is 12.1 Å². The van der Waals surface area contributed by atoms with E-state index < -0.39 is 17.6 Å². The van der Waals surface area contributed by atoms with E-state index in [0.717, 1.165) is 6.07 Å². The van der Waals surface area contributed by atoms with Crippen molar-refractivity contribution in [1.29, 1.82) is 0 Å². The summed E-state index contributed by atoms with van der Waals surface area (Å²) in [5.74, 6) is -0.111. The first kappa shape index (κ1) is 14.0. The lowest BCUT2D eigenvalue weighted by Gasteiger charge is -2.14. The van der Waals surface area contributed by atoms with Gasteiger partial charge in [0.1, 0.15) is 5.76 Å². The van der Waals surface area contributed by atoms with Crippen molar-refractivity contribution < 1.29 is 22.4 Å². The Bertz CT molecular complexity index is 620. The van der Waals surface area contributed by atoms with E-state index >= 15 is 0 Å². The molecular weight excluding hydrogens is 273 g/mol. The van der Waals surface area contributed by atoms with Gasteiger partial charge in [-0.25, -0.2) is 0 Å². The fourth-order valence-corrected chi connectivity index (χ4v) is 1.58. The average molecular weight is 284 g/mol. The molecule has 0 aliphatic heterocycles. The van der Waals surface area contributed by atoms with Crippen molar-refractivity contribution in [2.75, 3.05) is 5.43 Å². The summed E-state index contributed by atoms with van der Waals surface area (Å²) in [4.78, 5) is 11.6.